The maximum absolute atomic E-state index is 10.8. The van der Waals surface area contributed by atoms with E-state index in [1.165, 1.54) is 0 Å². The Balaban J connectivity index is 2.61. The number of rotatable bonds is 0. The van der Waals surface area contributed by atoms with Crippen molar-refractivity contribution < 1.29 is 4.79 Å². The van der Waals surface area contributed by atoms with Crippen molar-refractivity contribution in [3.63, 3.8) is 0 Å². The van der Waals surface area contributed by atoms with E-state index in [0.717, 1.165) is 6.42 Å². The molecule has 1 rings (SSSR count). The highest BCUT2D eigenvalue weighted by atomic mass is 16.1. The van der Waals surface area contributed by atoms with E-state index in [-0.39, 0.29) is 11.3 Å². The molecule has 1 heterocycles. The van der Waals surface area contributed by atoms with Crippen LogP contribution < -0.4 is 5.32 Å². The van der Waals surface area contributed by atoms with Crippen LogP contribution in [0, 0.1) is 0 Å². The van der Waals surface area contributed by atoms with Crippen molar-refractivity contribution >= 4 is 5.78 Å². The Morgan fingerprint density at radius 2 is 2.30 bits per heavy atom. The van der Waals surface area contributed by atoms with Gasteiger partial charge < -0.3 is 5.32 Å². The fourth-order valence-corrected chi connectivity index (χ4v) is 0.951. The zero-order valence-corrected chi connectivity index (χ0v) is 6.48. The average Bonchev–Trinajstić information content (AvgIpc) is 1.94. The Hall–Kier alpha value is -0.790. The maximum Gasteiger partial charge on any atom is 0.157 e. The summed E-state index contributed by atoms with van der Waals surface area (Å²) in [6.45, 7) is 4.19. The molecular weight excluding hydrogens is 126 g/mol. The normalized spacial score (nSPS) is 23.6. The summed E-state index contributed by atoms with van der Waals surface area (Å²) in [5, 5.41) is 3.15. The standard InChI is InChI=1S/C8H13NO/c1-8(2)5-3-7(10)4-6-9-8/h4,6,9H,3,5H2,1-2H3. The minimum atomic E-state index is 0.0860. The van der Waals surface area contributed by atoms with Crippen LogP contribution in [0.4, 0.5) is 0 Å². The summed E-state index contributed by atoms with van der Waals surface area (Å²) in [6, 6.07) is 0. The minimum absolute atomic E-state index is 0.0860. The molecule has 0 aromatic carbocycles. The van der Waals surface area contributed by atoms with Gasteiger partial charge >= 0.3 is 0 Å². The van der Waals surface area contributed by atoms with Crippen molar-refractivity contribution in [3.8, 4) is 0 Å². The first-order chi connectivity index (χ1) is 4.60. The summed E-state index contributed by atoms with van der Waals surface area (Å²) in [7, 11) is 0. The van der Waals surface area contributed by atoms with Gasteiger partial charge in [0.1, 0.15) is 0 Å². The SMILES string of the molecule is CC1(C)CCC(=O)C=CN1. The monoisotopic (exact) mass is 139 g/mol. The smallest absolute Gasteiger partial charge is 0.157 e. The number of carbonyl (C=O) groups is 1. The minimum Gasteiger partial charge on any atom is -0.386 e. The van der Waals surface area contributed by atoms with Crippen molar-refractivity contribution in [1.29, 1.82) is 0 Å². The molecule has 0 saturated carbocycles. The zero-order valence-electron chi connectivity index (χ0n) is 6.48. The largest absolute Gasteiger partial charge is 0.386 e. The third-order valence-corrected chi connectivity index (χ3v) is 1.74. The molecule has 2 heteroatoms. The van der Waals surface area contributed by atoms with Gasteiger partial charge in [-0.25, -0.2) is 0 Å². The average molecular weight is 139 g/mol. The predicted molar refractivity (Wildman–Crippen MR) is 40.6 cm³/mol. The van der Waals surface area contributed by atoms with Gasteiger partial charge in [0.25, 0.3) is 0 Å². The molecule has 1 aliphatic rings. The van der Waals surface area contributed by atoms with Crippen LogP contribution in [-0.2, 0) is 4.79 Å². The summed E-state index contributed by atoms with van der Waals surface area (Å²) < 4.78 is 0. The van der Waals surface area contributed by atoms with Gasteiger partial charge in [-0.05, 0) is 26.3 Å². The fraction of sp³-hybridized carbons (Fsp3) is 0.625. The molecule has 0 aromatic rings. The van der Waals surface area contributed by atoms with Crippen LogP contribution in [0.25, 0.3) is 0 Å². The first-order valence-corrected chi connectivity index (χ1v) is 3.57. The van der Waals surface area contributed by atoms with E-state index in [0.29, 0.717) is 6.42 Å². The Labute approximate surface area is 61.3 Å². The lowest BCUT2D eigenvalue weighted by Gasteiger charge is -2.22. The Kier molecular flexibility index (Phi) is 1.79. The van der Waals surface area contributed by atoms with E-state index >= 15 is 0 Å². The predicted octanol–water partition coefficient (Wildman–Crippen LogP) is 1.23. The second kappa shape index (κ2) is 2.45. The van der Waals surface area contributed by atoms with Gasteiger partial charge in [0, 0.05) is 18.2 Å². The second-order valence-corrected chi connectivity index (χ2v) is 3.33. The van der Waals surface area contributed by atoms with Gasteiger partial charge in [0.2, 0.25) is 0 Å². The van der Waals surface area contributed by atoms with Gasteiger partial charge in [-0.1, -0.05) is 0 Å². The number of hydrogen-bond acceptors (Lipinski definition) is 2. The Bertz CT molecular complexity index is 170. The molecule has 0 aromatic heterocycles. The molecule has 0 bridgehead atoms. The zero-order chi connectivity index (χ0) is 7.61. The van der Waals surface area contributed by atoms with Crippen molar-refractivity contribution in [2.75, 3.05) is 0 Å². The third-order valence-electron chi connectivity index (χ3n) is 1.74. The highest BCUT2D eigenvalue weighted by Crippen LogP contribution is 2.13. The van der Waals surface area contributed by atoms with Crippen LogP contribution in [0.3, 0.4) is 0 Å². The molecule has 1 aliphatic heterocycles. The van der Waals surface area contributed by atoms with Crippen LogP contribution >= 0.6 is 0 Å². The van der Waals surface area contributed by atoms with E-state index in [1.54, 1.807) is 12.3 Å². The molecule has 0 aliphatic carbocycles. The molecule has 56 valence electrons. The molecule has 0 atom stereocenters. The van der Waals surface area contributed by atoms with Crippen molar-refractivity contribution in [1.82, 2.24) is 5.32 Å². The Morgan fingerprint density at radius 3 is 3.00 bits per heavy atom. The summed E-state index contributed by atoms with van der Waals surface area (Å²) in [5.74, 6) is 0.220. The summed E-state index contributed by atoms with van der Waals surface area (Å²) in [6.07, 6.45) is 4.93. The number of ketones is 1. The topological polar surface area (TPSA) is 29.1 Å². The molecule has 10 heavy (non-hydrogen) atoms. The van der Waals surface area contributed by atoms with E-state index in [9.17, 15) is 4.79 Å². The molecule has 1 N–H and O–H groups in total. The van der Waals surface area contributed by atoms with Crippen LogP contribution in [0.2, 0.25) is 0 Å². The van der Waals surface area contributed by atoms with Crippen LogP contribution in [0.15, 0.2) is 12.3 Å². The molecule has 0 unspecified atom stereocenters. The van der Waals surface area contributed by atoms with Crippen LogP contribution in [-0.4, -0.2) is 11.3 Å². The second-order valence-electron chi connectivity index (χ2n) is 3.33. The van der Waals surface area contributed by atoms with Gasteiger partial charge in [0.15, 0.2) is 5.78 Å². The van der Waals surface area contributed by atoms with Crippen LogP contribution in [0.1, 0.15) is 26.7 Å². The highest BCUT2D eigenvalue weighted by molar-refractivity contribution is 5.89. The number of nitrogens with one attached hydrogen (secondary N) is 1. The fourth-order valence-electron chi connectivity index (χ4n) is 0.951. The summed E-state index contributed by atoms with van der Waals surface area (Å²) in [5.41, 5.74) is 0.0860. The lowest BCUT2D eigenvalue weighted by molar-refractivity contribution is -0.114. The highest BCUT2D eigenvalue weighted by Gasteiger charge is 2.18. The van der Waals surface area contributed by atoms with E-state index in [2.05, 4.69) is 19.2 Å². The van der Waals surface area contributed by atoms with Crippen molar-refractivity contribution in [2.45, 2.75) is 32.2 Å². The van der Waals surface area contributed by atoms with Crippen molar-refractivity contribution in [2.24, 2.45) is 0 Å². The number of carbonyl (C=O) groups excluding carboxylic acids is 1. The van der Waals surface area contributed by atoms with Gasteiger partial charge in [0.05, 0.1) is 0 Å². The van der Waals surface area contributed by atoms with Gasteiger partial charge in [-0.3, -0.25) is 4.79 Å². The van der Waals surface area contributed by atoms with E-state index in [1.807, 2.05) is 0 Å². The number of hydrogen-bond donors (Lipinski definition) is 1. The first-order valence-electron chi connectivity index (χ1n) is 3.57. The van der Waals surface area contributed by atoms with Gasteiger partial charge in [-0.2, -0.15) is 0 Å². The molecule has 0 fully saturated rings. The molecule has 0 spiro atoms. The molecule has 2 nitrogen and oxygen atoms in total. The lowest BCUT2D eigenvalue weighted by atomic mass is 9.99. The summed E-state index contributed by atoms with van der Waals surface area (Å²) >= 11 is 0. The lowest BCUT2D eigenvalue weighted by Crippen LogP contribution is -2.34. The van der Waals surface area contributed by atoms with E-state index < -0.39 is 0 Å². The third kappa shape index (κ3) is 1.87. The van der Waals surface area contributed by atoms with Gasteiger partial charge in [-0.15, -0.1) is 0 Å². The molecular formula is C8H13NO. The first kappa shape index (κ1) is 7.32. The quantitative estimate of drug-likeness (QED) is 0.547. The number of allylic oxidation sites excluding steroid dienone is 1. The Morgan fingerprint density at radius 1 is 1.60 bits per heavy atom. The molecule has 0 radical (unpaired) electrons. The van der Waals surface area contributed by atoms with E-state index in [4.69, 9.17) is 0 Å². The van der Waals surface area contributed by atoms with Crippen LogP contribution in [0.5, 0.6) is 0 Å². The van der Waals surface area contributed by atoms with Crippen molar-refractivity contribution in [3.05, 3.63) is 12.3 Å². The maximum atomic E-state index is 10.8. The summed E-state index contributed by atoms with van der Waals surface area (Å²) in [4.78, 5) is 10.8. The molecule has 0 saturated heterocycles. The molecule has 0 amide bonds.